The van der Waals surface area contributed by atoms with Crippen LogP contribution in [0, 0.1) is 11.8 Å². The fourth-order valence-electron chi connectivity index (χ4n) is 1.98. The summed E-state index contributed by atoms with van der Waals surface area (Å²) in [5.41, 5.74) is 1.43. The molecule has 0 aromatic rings. The summed E-state index contributed by atoms with van der Waals surface area (Å²) in [5.74, 6) is 1.53. The number of hydrogen-bond donors (Lipinski definition) is 1. The van der Waals surface area contributed by atoms with E-state index in [0.717, 1.165) is 12.3 Å². The first-order valence-corrected chi connectivity index (χ1v) is 6.80. The Bertz CT molecular complexity index is 180. The van der Waals surface area contributed by atoms with Crippen LogP contribution in [0.15, 0.2) is 11.6 Å². The lowest BCUT2D eigenvalue weighted by atomic mass is 9.94. The molecule has 0 aromatic heterocycles. The summed E-state index contributed by atoms with van der Waals surface area (Å²) in [5, 5.41) is 8.81. The molecule has 0 amide bonds. The molecule has 1 nitrogen and oxygen atoms in total. The van der Waals surface area contributed by atoms with E-state index in [0.29, 0.717) is 12.5 Å². The van der Waals surface area contributed by atoms with Gasteiger partial charge in [-0.1, -0.05) is 44.8 Å². The lowest BCUT2D eigenvalue weighted by Crippen LogP contribution is -2.00. The highest BCUT2D eigenvalue weighted by Crippen LogP contribution is 2.18. The second-order valence-corrected chi connectivity index (χ2v) is 5.51. The lowest BCUT2D eigenvalue weighted by Gasteiger charge is -2.13. The molecule has 0 rings (SSSR count). The van der Waals surface area contributed by atoms with Crippen molar-refractivity contribution in [3.8, 4) is 0 Å². The van der Waals surface area contributed by atoms with Gasteiger partial charge in [0, 0.05) is 6.61 Å². The predicted octanol–water partition coefficient (Wildman–Crippen LogP) is 4.56. The second kappa shape index (κ2) is 9.89. The minimum absolute atomic E-state index is 0.345. The Balaban J connectivity index is 3.43. The van der Waals surface area contributed by atoms with Crippen molar-refractivity contribution in [2.75, 3.05) is 6.61 Å². The summed E-state index contributed by atoms with van der Waals surface area (Å²) in [6.07, 6.45) is 9.78. The van der Waals surface area contributed by atoms with Crippen LogP contribution in [-0.2, 0) is 0 Å². The van der Waals surface area contributed by atoms with Gasteiger partial charge in [0.05, 0.1) is 0 Å². The van der Waals surface area contributed by atoms with Crippen LogP contribution in [0.5, 0.6) is 0 Å². The van der Waals surface area contributed by atoms with Crippen LogP contribution in [0.2, 0.25) is 0 Å². The van der Waals surface area contributed by atoms with Gasteiger partial charge in [-0.15, -0.1) is 0 Å². The standard InChI is InChI=1S/C15H30O/c1-13(2)7-5-8-14(3)9-6-10-15(4)11-12-16/h7,14-16H,5-6,8-12H2,1-4H3. The van der Waals surface area contributed by atoms with Gasteiger partial charge in [-0.3, -0.25) is 0 Å². The first kappa shape index (κ1) is 15.7. The molecule has 0 aliphatic carbocycles. The fraction of sp³-hybridized carbons (Fsp3) is 0.867. The highest BCUT2D eigenvalue weighted by Gasteiger charge is 2.04. The molecule has 0 bridgehead atoms. The third kappa shape index (κ3) is 10.2. The maximum atomic E-state index is 8.81. The quantitative estimate of drug-likeness (QED) is 0.571. The molecule has 0 radical (unpaired) electrons. The third-order valence-electron chi connectivity index (χ3n) is 3.23. The number of aliphatic hydroxyl groups excluding tert-OH is 1. The summed E-state index contributed by atoms with van der Waals surface area (Å²) in [7, 11) is 0. The Hall–Kier alpha value is -0.300. The van der Waals surface area contributed by atoms with Gasteiger partial charge >= 0.3 is 0 Å². The van der Waals surface area contributed by atoms with Crippen molar-refractivity contribution in [2.45, 2.75) is 66.2 Å². The van der Waals surface area contributed by atoms with E-state index in [1.165, 1.54) is 37.7 Å². The van der Waals surface area contributed by atoms with Gasteiger partial charge in [0.1, 0.15) is 0 Å². The van der Waals surface area contributed by atoms with Crippen molar-refractivity contribution in [2.24, 2.45) is 11.8 Å². The van der Waals surface area contributed by atoms with Crippen molar-refractivity contribution in [1.29, 1.82) is 0 Å². The zero-order valence-corrected chi connectivity index (χ0v) is 11.6. The Morgan fingerprint density at radius 3 is 2.06 bits per heavy atom. The number of aliphatic hydroxyl groups is 1. The molecule has 0 fully saturated rings. The van der Waals surface area contributed by atoms with Gasteiger partial charge in [0.2, 0.25) is 0 Å². The Labute approximate surface area is 102 Å². The molecule has 0 aliphatic rings. The molecule has 0 heterocycles. The van der Waals surface area contributed by atoms with Crippen molar-refractivity contribution >= 4 is 0 Å². The van der Waals surface area contributed by atoms with Crippen molar-refractivity contribution in [1.82, 2.24) is 0 Å². The van der Waals surface area contributed by atoms with Gasteiger partial charge in [-0.25, -0.2) is 0 Å². The van der Waals surface area contributed by atoms with Crippen LogP contribution >= 0.6 is 0 Å². The number of allylic oxidation sites excluding steroid dienone is 2. The highest BCUT2D eigenvalue weighted by atomic mass is 16.3. The summed E-state index contributed by atoms with van der Waals surface area (Å²) in [4.78, 5) is 0. The molecule has 16 heavy (non-hydrogen) atoms. The SMILES string of the molecule is CC(C)=CCCC(C)CCCC(C)CCO. The van der Waals surface area contributed by atoms with Crippen molar-refractivity contribution in [3.63, 3.8) is 0 Å². The largest absolute Gasteiger partial charge is 0.396 e. The third-order valence-corrected chi connectivity index (χ3v) is 3.23. The van der Waals surface area contributed by atoms with E-state index in [2.05, 4.69) is 33.8 Å². The fourth-order valence-corrected chi connectivity index (χ4v) is 1.98. The Morgan fingerprint density at radius 1 is 1.00 bits per heavy atom. The maximum absolute atomic E-state index is 8.81. The normalized spacial score (nSPS) is 14.6. The van der Waals surface area contributed by atoms with Gasteiger partial charge in [-0.05, 0) is 44.9 Å². The summed E-state index contributed by atoms with van der Waals surface area (Å²) < 4.78 is 0. The molecule has 2 atom stereocenters. The van der Waals surface area contributed by atoms with Crippen LogP contribution in [0.25, 0.3) is 0 Å². The van der Waals surface area contributed by atoms with E-state index in [9.17, 15) is 0 Å². The topological polar surface area (TPSA) is 20.2 Å². The number of rotatable bonds is 9. The smallest absolute Gasteiger partial charge is 0.0433 e. The van der Waals surface area contributed by atoms with Crippen molar-refractivity contribution < 1.29 is 5.11 Å². The molecular weight excluding hydrogens is 196 g/mol. The summed E-state index contributed by atoms with van der Waals surface area (Å²) in [6, 6.07) is 0. The Kier molecular flexibility index (Phi) is 9.71. The molecule has 0 saturated heterocycles. The van der Waals surface area contributed by atoms with Crippen LogP contribution < -0.4 is 0 Å². The maximum Gasteiger partial charge on any atom is 0.0433 e. The second-order valence-electron chi connectivity index (χ2n) is 5.51. The van der Waals surface area contributed by atoms with Gasteiger partial charge in [0.25, 0.3) is 0 Å². The molecular formula is C15H30O. The highest BCUT2D eigenvalue weighted by molar-refractivity contribution is 4.92. The van der Waals surface area contributed by atoms with E-state index in [1.807, 2.05) is 0 Å². The van der Waals surface area contributed by atoms with Gasteiger partial charge in [-0.2, -0.15) is 0 Å². The lowest BCUT2D eigenvalue weighted by molar-refractivity contribution is 0.255. The minimum Gasteiger partial charge on any atom is -0.396 e. The number of hydrogen-bond acceptors (Lipinski definition) is 1. The minimum atomic E-state index is 0.345. The van der Waals surface area contributed by atoms with E-state index < -0.39 is 0 Å². The van der Waals surface area contributed by atoms with Gasteiger partial charge in [0.15, 0.2) is 0 Å². The molecule has 0 aromatic carbocycles. The average Bonchev–Trinajstić information content (AvgIpc) is 2.17. The summed E-state index contributed by atoms with van der Waals surface area (Å²) >= 11 is 0. The molecule has 2 unspecified atom stereocenters. The van der Waals surface area contributed by atoms with Crippen LogP contribution in [0.3, 0.4) is 0 Å². The molecule has 1 N–H and O–H groups in total. The zero-order valence-electron chi connectivity index (χ0n) is 11.6. The first-order valence-electron chi connectivity index (χ1n) is 6.80. The molecule has 96 valence electrons. The van der Waals surface area contributed by atoms with Crippen LogP contribution in [0.4, 0.5) is 0 Å². The predicted molar refractivity (Wildman–Crippen MR) is 72.5 cm³/mol. The van der Waals surface area contributed by atoms with Crippen LogP contribution in [0.1, 0.15) is 66.2 Å². The van der Waals surface area contributed by atoms with E-state index >= 15 is 0 Å². The zero-order chi connectivity index (χ0) is 12.4. The molecule has 1 heteroatoms. The van der Waals surface area contributed by atoms with Crippen LogP contribution in [-0.4, -0.2) is 11.7 Å². The molecule has 0 spiro atoms. The monoisotopic (exact) mass is 226 g/mol. The molecule has 0 saturated carbocycles. The van der Waals surface area contributed by atoms with Gasteiger partial charge < -0.3 is 5.11 Å². The van der Waals surface area contributed by atoms with E-state index in [1.54, 1.807) is 0 Å². The Morgan fingerprint density at radius 2 is 1.56 bits per heavy atom. The average molecular weight is 226 g/mol. The van der Waals surface area contributed by atoms with E-state index in [-0.39, 0.29) is 0 Å². The molecule has 0 aliphatic heterocycles. The van der Waals surface area contributed by atoms with E-state index in [4.69, 9.17) is 5.11 Å². The summed E-state index contributed by atoms with van der Waals surface area (Å²) in [6.45, 7) is 9.28. The van der Waals surface area contributed by atoms with Crippen molar-refractivity contribution in [3.05, 3.63) is 11.6 Å². The first-order chi connectivity index (χ1) is 7.56.